The van der Waals surface area contributed by atoms with Gasteiger partial charge in [-0.1, -0.05) is 15.9 Å². The standard InChI is InChI=1S/C11H12BrIO2/c1-3-15-8-4-5-10(13)9(6-8)11(12)7(2)14/h4-6,11H,3H2,1-2H3. The van der Waals surface area contributed by atoms with E-state index >= 15 is 0 Å². The highest BCUT2D eigenvalue weighted by molar-refractivity contribution is 14.1. The second-order valence-corrected chi connectivity index (χ2v) is 5.17. The van der Waals surface area contributed by atoms with Crippen molar-refractivity contribution in [2.75, 3.05) is 6.61 Å². The molecule has 0 bridgehead atoms. The summed E-state index contributed by atoms with van der Waals surface area (Å²) < 4.78 is 6.46. The third-order valence-corrected chi connectivity index (χ3v) is 4.03. The van der Waals surface area contributed by atoms with Gasteiger partial charge in [0, 0.05) is 3.57 Å². The van der Waals surface area contributed by atoms with Crippen LogP contribution in [0.5, 0.6) is 5.75 Å². The van der Waals surface area contributed by atoms with E-state index in [1.54, 1.807) is 6.92 Å². The lowest BCUT2D eigenvalue weighted by Gasteiger charge is -2.11. The van der Waals surface area contributed by atoms with Gasteiger partial charge in [-0.3, -0.25) is 4.79 Å². The number of hydrogen-bond acceptors (Lipinski definition) is 2. The van der Waals surface area contributed by atoms with Crippen molar-refractivity contribution in [2.45, 2.75) is 18.7 Å². The molecule has 1 aromatic carbocycles. The Balaban J connectivity index is 3.04. The molecule has 0 radical (unpaired) electrons. The Hall–Kier alpha value is -0.100. The summed E-state index contributed by atoms with van der Waals surface area (Å²) in [5.41, 5.74) is 0.967. The number of rotatable bonds is 4. The maximum absolute atomic E-state index is 11.3. The first-order chi connectivity index (χ1) is 7.06. The second kappa shape index (κ2) is 5.84. The van der Waals surface area contributed by atoms with Crippen LogP contribution in [0.1, 0.15) is 24.2 Å². The number of carbonyl (C=O) groups excluding carboxylic acids is 1. The van der Waals surface area contributed by atoms with Crippen molar-refractivity contribution in [3.05, 3.63) is 27.3 Å². The molecule has 1 atom stereocenters. The molecule has 1 aromatic rings. The Morgan fingerprint density at radius 1 is 1.60 bits per heavy atom. The predicted molar refractivity (Wildman–Crippen MR) is 72.7 cm³/mol. The Labute approximate surface area is 112 Å². The molecule has 4 heteroatoms. The zero-order chi connectivity index (χ0) is 11.4. The minimum absolute atomic E-state index is 0.0987. The third kappa shape index (κ3) is 3.45. The fourth-order valence-corrected chi connectivity index (χ4v) is 2.65. The molecule has 0 N–H and O–H groups in total. The summed E-state index contributed by atoms with van der Waals surface area (Å²) in [6.07, 6.45) is 0. The van der Waals surface area contributed by atoms with Crippen molar-refractivity contribution < 1.29 is 9.53 Å². The maximum atomic E-state index is 11.3. The molecule has 0 amide bonds. The molecule has 0 aliphatic heterocycles. The van der Waals surface area contributed by atoms with Crippen molar-refractivity contribution in [3.63, 3.8) is 0 Å². The monoisotopic (exact) mass is 382 g/mol. The van der Waals surface area contributed by atoms with Gasteiger partial charge < -0.3 is 4.74 Å². The molecule has 0 fully saturated rings. The van der Waals surface area contributed by atoms with Gasteiger partial charge in [0.2, 0.25) is 0 Å². The quantitative estimate of drug-likeness (QED) is 0.586. The van der Waals surface area contributed by atoms with E-state index in [1.807, 2.05) is 25.1 Å². The lowest BCUT2D eigenvalue weighted by molar-refractivity contribution is -0.116. The summed E-state index contributed by atoms with van der Waals surface area (Å²) in [5.74, 6) is 0.903. The highest BCUT2D eigenvalue weighted by Crippen LogP contribution is 2.31. The van der Waals surface area contributed by atoms with Gasteiger partial charge in [-0.05, 0) is 60.2 Å². The minimum atomic E-state index is -0.246. The molecule has 0 aliphatic carbocycles. The number of benzene rings is 1. The SMILES string of the molecule is CCOc1ccc(I)c(C(Br)C(C)=O)c1. The zero-order valence-corrected chi connectivity index (χ0v) is 12.3. The van der Waals surface area contributed by atoms with E-state index in [9.17, 15) is 4.79 Å². The maximum Gasteiger partial charge on any atom is 0.147 e. The molecule has 0 aromatic heterocycles. The molecular formula is C11H12BrIO2. The predicted octanol–water partition coefficient (Wildman–Crippen LogP) is 3.71. The molecule has 0 aliphatic rings. The van der Waals surface area contributed by atoms with Crippen LogP contribution in [-0.2, 0) is 4.79 Å². The molecule has 0 spiro atoms. The van der Waals surface area contributed by atoms with Crippen molar-refractivity contribution in [1.29, 1.82) is 0 Å². The van der Waals surface area contributed by atoms with Crippen LogP contribution in [0.2, 0.25) is 0 Å². The van der Waals surface area contributed by atoms with Crippen LogP contribution in [0.4, 0.5) is 0 Å². The molecule has 15 heavy (non-hydrogen) atoms. The molecule has 2 nitrogen and oxygen atoms in total. The van der Waals surface area contributed by atoms with E-state index in [1.165, 1.54) is 0 Å². The number of Topliss-reactive ketones (excluding diaryl/α,β-unsaturated/α-hetero) is 1. The van der Waals surface area contributed by atoms with E-state index in [0.29, 0.717) is 6.61 Å². The van der Waals surface area contributed by atoms with Crippen molar-refractivity contribution in [2.24, 2.45) is 0 Å². The van der Waals surface area contributed by atoms with Crippen LogP contribution in [-0.4, -0.2) is 12.4 Å². The number of halogens is 2. The van der Waals surface area contributed by atoms with Gasteiger partial charge in [-0.15, -0.1) is 0 Å². The fraction of sp³-hybridized carbons (Fsp3) is 0.364. The zero-order valence-electron chi connectivity index (χ0n) is 8.59. The van der Waals surface area contributed by atoms with Gasteiger partial charge in [0.05, 0.1) is 11.4 Å². The van der Waals surface area contributed by atoms with E-state index in [2.05, 4.69) is 38.5 Å². The first kappa shape index (κ1) is 13.0. The van der Waals surface area contributed by atoms with Crippen molar-refractivity contribution in [1.82, 2.24) is 0 Å². The van der Waals surface area contributed by atoms with Crippen LogP contribution in [0.3, 0.4) is 0 Å². The Morgan fingerprint density at radius 2 is 2.27 bits per heavy atom. The Morgan fingerprint density at radius 3 is 2.80 bits per heavy atom. The number of ketones is 1. The van der Waals surface area contributed by atoms with Gasteiger partial charge in [-0.25, -0.2) is 0 Å². The molecule has 0 saturated heterocycles. The summed E-state index contributed by atoms with van der Waals surface area (Å²) in [6.45, 7) is 4.14. The number of ether oxygens (including phenoxy) is 1. The lowest BCUT2D eigenvalue weighted by atomic mass is 10.1. The second-order valence-electron chi connectivity index (χ2n) is 3.09. The molecule has 0 heterocycles. The molecule has 82 valence electrons. The van der Waals surface area contributed by atoms with E-state index < -0.39 is 0 Å². The van der Waals surface area contributed by atoms with E-state index in [4.69, 9.17) is 4.74 Å². The first-order valence-electron chi connectivity index (χ1n) is 4.63. The average Bonchev–Trinajstić information content (AvgIpc) is 2.20. The average molecular weight is 383 g/mol. The molecule has 0 saturated carbocycles. The van der Waals surface area contributed by atoms with Crippen LogP contribution < -0.4 is 4.74 Å². The lowest BCUT2D eigenvalue weighted by Crippen LogP contribution is -2.04. The van der Waals surface area contributed by atoms with Crippen LogP contribution in [0.25, 0.3) is 0 Å². The number of carbonyl (C=O) groups is 1. The summed E-state index contributed by atoms with van der Waals surface area (Å²) in [7, 11) is 0. The molecule has 1 rings (SSSR count). The van der Waals surface area contributed by atoms with Crippen LogP contribution in [0, 0.1) is 3.57 Å². The normalized spacial score (nSPS) is 12.3. The summed E-state index contributed by atoms with van der Waals surface area (Å²) in [4.78, 5) is 11.0. The first-order valence-corrected chi connectivity index (χ1v) is 6.62. The van der Waals surface area contributed by atoms with Crippen LogP contribution >= 0.6 is 38.5 Å². The number of alkyl halides is 1. The van der Waals surface area contributed by atoms with E-state index in [0.717, 1.165) is 14.9 Å². The van der Waals surface area contributed by atoms with Crippen molar-refractivity contribution >= 4 is 44.3 Å². The molecular weight excluding hydrogens is 371 g/mol. The van der Waals surface area contributed by atoms with Crippen molar-refractivity contribution in [3.8, 4) is 5.75 Å². The van der Waals surface area contributed by atoms with Gasteiger partial charge in [0.25, 0.3) is 0 Å². The highest BCUT2D eigenvalue weighted by Gasteiger charge is 2.16. The number of hydrogen-bond donors (Lipinski definition) is 0. The topological polar surface area (TPSA) is 26.3 Å². The summed E-state index contributed by atoms with van der Waals surface area (Å²) >= 11 is 5.59. The highest BCUT2D eigenvalue weighted by atomic mass is 127. The summed E-state index contributed by atoms with van der Waals surface area (Å²) in [5, 5.41) is 0. The Kier molecular flexibility index (Phi) is 5.05. The smallest absolute Gasteiger partial charge is 0.147 e. The van der Waals surface area contributed by atoms with Gasteiger partial charge in [0.15, 0.2) is 0 Å². The molecule has 1 unspecified atom stereocenters. The Bertz CT molecular complexity index is 366. The van der Waals surface area contributed by atoms with Gasteiger partial charge in [0.1, 0.15) is 11.5 Å². The van der Waals surface area contributed by atoms with Gasteiger partial charge >= 0.3 is 0 Å². The third-order valence-electron chi connectivity index (χ3n) is 1.91. The van der Waals surface area contributed by atoms with E-state index in [-0.39, 0.29) is 10.6 Å². The minimum Gasteiger partial charge on any atom is -0.494 e. The fourth-order valence-electron chi connectivity index (χ4n) is 1.19. The largest absolute Gasteiger partial charge is 0.494 e. The van der Waals surface area contributed by atoms with Crippen LogP contribution in [0.15, 0.2) is 18.2 Å². The van der Waals surface area contributed by atoms with Gasteiger partial charge in [-0.2, -0.15) is 0 Å². The summed E-state index contributed by atoms with van der Waals surface area (Å²) in [6, 6.07) is 5.78.